The predicted molar refractivity (Wildman–Crippen MR) is 126 cm³/mol. The number of aromatic nitrogens is 2. The number of carbonyl (C=O) groups is 1. The molecule has 1 aliphatic rings. The average Bonchev–Trinajstić information content (AvgIpc) is 2.88. The van der Waals surface area contributed by atoms with Crippen molar-refractivity contribution in [2.75, 3.05) is 57.3 Å². The van der Waals surface area contributed by atoms with E-state index in [-0.39, 0.29) is 23.9 Å². The summed E-state index contributed by atoms with van der Waals surface area (Å²) in [6.07, 6.45) is 0. The molecule has 0 atom stereocenters. The number of methoxy groups -OCH3 is 2. The fourth-order valence-electron chi connectivity index (χ4n) is 3.63. The lowest BCUT2D eigenvalue weighted by molar-refractivity contribution is 0.208. The summed E-state index contributed by atoms with van der Waals surface area (Å²) in [6.45, 7) is 1.70. The lowest BCUT2D eigenvalue weighted by atomic mass is 10.2. The monoisotopic (exact) mass is 482 g/mol. The van der Waals surface area contributed by atoms with Crippen LogP contribution in [0.15, 0.2) is 41.5 Å². The smallest absolute Gasteiger partial charge is 0.323 e. The van der Waals surface area contributed by atoms with E-state index in [1.165, 1.54) is 18.2 Å². The second kappa shape index (κ2) is 10.6. The molecule has 0 radical (unpaired) electrons. The minimum Gasteiger partial charge on any atom is -0.497 e. The van der Waals surface area contributed by atoms with Crippen LogP contribution in [-0.2, 0) is 0 Å². The van der Waals surface area contributed by atoms with Gasteiger partial charge in [-0.1, -0.05) is 5.11 Å². The van der Waals surface area contributed by atoms with Gasteiger partial charge < -0.3 is 24.0 Å². The lowest BCUT2D eigenvalue weighted by Crippen LogP contribution is -2.50. The first kappa shape index (κ1) is 23.6. The number of rotatable bonds is 7. The van der Waals surface area contributed by atoms with Gasteiger partial charge in [-0.05, 0) is 17.7 Å². The van der Waals surface area contributed by atoms with Crippen LogP contribution in [0.2, 0.25) is 0 Å². The minimum atomic E-state index is -0.489. The van der Waals surface area contributed by atoms with E-state index in [1.807, 2.05) is 12.1 Å². The Balaban J connectivity index is 1.48. The molecule has 1 fully saturated rings. The molecule has 2 amide bonds. The van der Waals surface area contributed by atoms with Crippen molar-refractivity contribution < 1.29 is 23.4 Å². The van der Waals surface area contributed by atoms with E-state index in [0.717, 1.165) is 5.69 Å². The number of hydrogen-bond acceptors (Lipinski definition) is 8. The van der Waals surface area contributed by atoms with Crippen LogP contribution in [0, 0.1) is 5.82 Å². The Labute approximate surface area is 199 Å². The highest BCUT2D eigenvalue weighted by atomic mass is 19.1. The molecule has 2 aromatic carbocycles. The van der Waals surface area contributed by atoms with Crippen molar-refractivity contribution in [3.63, 3.8) is 0 Å². The molecule has 0 unspecified atom stereocenters. The van der Waals surface area contributed by atoms with Crippen LogP contribution in [0.3, 0.4) is 0 Å². The Morgan fingerprint density at radius 1 is 1.09 bits per heavy atom. The van der Waals surface area contributed by atoms with Crippen molar-refractivity contribution >= 4 is 28.6 Å². The molecular weight excluding hydrogens is 459 g/mol. The molecule has 2 heterocycles. The van der Waals surface area contributed by atoms with Crippen LogP contribution in [0.1, 0.15) is 0 Å². The number of hydrogen-bond donors (Lipinski definition) is 1. The highest BCUT2D eigenvalue weighted by Crippen LogP contribution is 2.29. The topological polar surface area (TPSA) is 138 Å². The summed E-state index contributed by atoms with van der Waals surface area (Å²) in [5, 5.41) is 6.00. The molecule has 1 aromatic heterocycles. The first-order valence-electron chi connectivity index (χ1n) is 10.7. The Bertz CT molecular complexity index is 1250. The van der Waals surface area contributed by atoms with E-state index >= 15 is 0 Å². The minimum absolute atomic E-state index is 0.00111. The number of fused-ring (bicyclic) bond motifs is 1. The van der Waals surface area contributed by atoms with Gasteiger partial charge in [0.05, 0.1) is 25.3 Å². The highest BCUT2D eigenvalue weighted by Gasteiger charge is 2.24. The highest BCUT2D eigenvalue weighted by molar-refractivity contribution is 5.91. The zero-order chi connectivity index (χ0) is 24.8. The quantitative estimate of drug-likeness (QED) is 0.307. The number of ether oxygens (including phenoxy) is 3. The van der Waals surface area contributed by atoms with Crippen LogP contribution >= 0.6 is 0 Å². The molecule has 13 heteroatoms. The van der Waals surface area contributed by atoms with Gasteiger partial charge in [-0.2, -0.15) is 0 Å². The first-order chi connectivity index (χ1) is 17.0. The van der Waals surface area contributed by atoms with E-state index in [0.29, 0.717) is 43.2 Å². The van der Waals surface area contributed by atoms with Crippen molar-refractivity contribution in [3.05, 3.63) is 52.7 Å². The van der Waals surface area contributed by atoms with Gasteiger partial charge in [0.15, 0.2) is 12.5 Å². The van der Waals surface area contributed by atoms with Crippen molar-refractivity contribution in [2.24, 2.45) is 5.11 Å². The number of nitrogens with zero attached hydrogens (tertiary/aromatic N) is 7. The van der Waals surface area contributed by atoms with Gasteiger partial charge in [0.1, 0.15) is 17.3 Å². The van der Waals surface area contributed by atoms with Crippen LogP contribution in [-0.4, -0.2) is 68.0 Å². The second-order valence-electron chi connectivity index (χ2n) is 7.49. The molecule has 0 aliphatic carbocycles. The summed E-state index contributed by atoms with van der Waals surface area (Å²) in [7, 11) is 3.19. The number of piperazine rings is 1. The van der Waals surface area contributed by atoms with E-state index < -0.39 is 11.8 Å². The number of amides is 2. The molecule has 35 heavy (non-hydrogen) atoms. The van der Waals surface area contributed by atoms with Gasteiger partial charge in [-0.3, -0.25) is 5.32 Å². The number of nitrogens with one attached hydrogen (secondary N) is 1. The van der Waals surface area contributed by atoms with Crippen molar-refractivity contribution in [1.82, 2.24) is 14.9 Å². The molecule has 4 rings (SSSR count). The van der Waals surface area contributed by atoms with Crippen molar-refractivity contribution in [2.45, 2.75) is 0 Å². The van der Waals surface area contributed by atoms with Crippen molar-refractivity contribution in [3.8, 4) is 17.4 Å². The molecule has 3 aromatic rings. The normalized spacial score (nSPS) is 13.2. The number of halogens is 1. The average molecular weight is 482 g/mol. The maximum atomic E-state index is 13.7. The third-order valence-corrected chi connectivity index (χ3v) is 5.41. The van der Waals surface area contributed by atoms with Crippen LogP contribution in [0.25, 0.3) is 21.5 Å². The molecule has 0 spiro atoms. The largest absolute Gasteiger partial charge is 0.497 e. The number of benzene rings is 2. The third kappa shape index (κ3) is 5.53. The Kier molecular flexibility index (Phi) is 7.17. The van der Waals surface area contributed by atoms with Gasteiger partial charge >= 0.3 is 6.03 Å². The van der Waals surface area contributed by atoms with Gasteiger partial charge in [-0.25, -0.2) is 19.2 Å². The van der Waals surface area contributed by atoms with E-state index in [4.69, 9.17) is 19.7 Å². The van der Waals surface area contributed by atoms with E-state index in [2.05, 4.69) is 30.2 Å². The van der Waals surface area contributed by atoms with Crippen LogP contribution < -0.4 is 24.4 Å². The van der Waals surface area contributed by atoms with Gasteiger partial charge in [0, 0.05) is 61.0 Å². The maximum Gasteiger partial charge on any atom is 0.323 e. The molecule has 0 bridgehead atoms. The molecule has 12 nitrogen and oxygen atoms in total. The fraction of sp³-hybridized carbons (Fsp3) is 0.318. The molecule has 1 aliphatic heterocycles. The summed E-state index contributed by atoms with van der Waals surface area (Å²) >= 11 is 0. The molecular formula is C22H23FN8O4. The van der Waals surface area contributed by atoms with Gasteiger partial charge in [0.2, 0.25) is 0 Å². The summed E-state index contributed by atoms with van der Waals surface area (Å²) in [5.41, 5.74) is 10.0. The van der Waals surface area contributed by atoms with Crippen LogP contribution in [0.5, 0.6) is 17.4 Å². The number of azide groups is 1. The summed E-state index contributed by atoms with van der Waals surface area (Å²) < 4.78 is 29.7. The summed E-state index contributed by atoms with van der Waals surface area (Å²) in [4.78, 5) is 27.9. The SMILES string of the molecule is COc1cc(OC)cc(N2CCN(C(=O)Nc3nc4cc(F)ccc4nc3OCN=[N+]=[N-])CC2)c1. The number of carbonyl (C=O) groups excluding carboxylic acids is 1. The summed E-state index contributed by atoms with van der Waals surface area (Å²) in [5.74, 6) is 0.837. The van der Waals surface area contributed by atoms with E-state index in [1.54, 1.807) is 25.2 Å². The molecule has 1 saturated heterocycles. The van der Waals surface area contributed by atoms with E-state index in [9.17, 15) is 9.18 Å². The predicted octanol–water partition coefficient (Wildman–Crippen LogP) is 3.79. The molecule has 182 valence electrons. The van der Waals surface area contributed by atoms with Crippen LogP contribution in [0.4, 0.5) is 20.7 Å². The third-order valence-electron chi connectivity index (χ3n) is 5.41. The standard InChI is InChI=1S/C22H23FN8O4/c1-33-16-10-15(11-17(12-16)34-2)30-5-7-31(8-6-30)22(32)28-20-21(35-13-25-29-24)27-18-4-3-14(23)9-19(18)26-20/h3-4,9-12H,5-8,13H2,1-2H3,(H,26,28,32). The Hall–Kier alpha value is -4.51. The number of anilines is 2. The Morgan fingerprint density at radius 2 is 1.80 bits per heavy atom. The Morgan fingerprint density at radius 3 is 2.46 bits per heavy atom. The van der Waals surface area contributed by atoms with Gasteiger partial charge in [0.25, 0.3) is 5.88 Å². The maximum absolute atomic E-state index is 13.7. The summed E-state index contributed by atoms with van der Waals surface area (Å²) in [6, 6.07) is 9.10. The zero-order valence-electron chi connectivity index (χ0n) is 19.1. The molecule has 0 saturated carbocycles. The van der Waals surface area contributed by atoms with Gasteiger partial charge in [-0.15, -0.1) is 0 Å². The molecule has 1 N–H and O–H groups in total. The fourth-order valence-corrected chi connectivity index (χ4v) is 3.63. The number of urea groups is 1. The van der Waals surface area contributed by atoms with Crippen molar-refractivity contribution in [1.29, 1.82) is 0 Å². The lowest BCUT2D eigenvalue weighted by Gasteiger charge is -2.36. The zero-order valence-corrected chi connectivity index (χ0v) is 19.1. The second-order valence-corrected chi connectivity index (χ2v) is 7.49. The first-order valence-corrected chi connectivity index (χ1v) is 10.7.